The standard InChI is InChI=1S/C4H4N2S/c5-3-1-2-7-4(3)6/h1-2,5-6H. The van der Waals surface area contributed by atoms with E-state index in [1.807, 2.05) is 0 Å². The Bertz CT molecular complexity index is 148. The van der Waals surface area contributed by atoms with Crippen molar-refractivity contribution >= 4 is 22.5 Å². The third-order valence-electron chi connectivity index (χ3n) is 0.665. The van der Waals surface area contributed by atoms with E-state index in [0.29, 0.717) is 10.8 Å². The highest BCUT2D eigenvalue weighted by Crippen LogP contribution is 2.12. The quantitative estimate of drug-likeness (QED) is 0.486. The predicted molar refractivity (Wildman–Crippen MR) is 32.2 cm³/mol. The Hall–Kier alpha value is -0.570. The maximum Gasteiger partial charge on any atom is 0.116 e. The fourth-order valence-corrected chi connectivity index (χ4v) is 0.844. The van der Waals surface area contributed by atoms with Gasteiger partial charge in [0.15, 0.2) is 0 Å². The number of hydrogen-bond acceptors (Lipinski definition) is 3. The van der Waals surface area contributed by atoms with Crippen LogP contribution < -0.4 is 0 Å². The molecule has 2 nitrogen and oxygen atoms in total. The number of allylic oxidation sites excluding steroid dienone is 1. The first-order valence-electron chi connectivity index (χ1n) is 1.81. The summed E-state index contributed by atoms with van der Waals surface area (Å²) in [7, 11) is 0. The van der Waals surface area contributed by atoms with Gasteiger partial charge in [0.25, 0.3) is 0 Å². The van der Waals surface area contributed by atoms with Gasteiger partial charge in [-0.3, -0.25) is 10.8 Å². The van der Waals surface area contributed by atoms with Gasteiger partial charge in [-0.05, 0) is 11.5 Å². The lowest BCUT2D eigenvalue weighted by Gasteiger charge is -1.82. The summed E-state index contributed by atoms with van der Waals surface area (Å²) in [6.45, 7) is 0. The highest BCUT2D eigenvalue weighted by molar-refractivity contribution is 8.18. The molecule has 1 heterocycles. The fraction of sp³-hybridized carbons (Fsp3) is 0. The van der Waals surface area contributed by atoms with Gasteiger partial charge in [0, 0.05) is 0 Å². The van der Waals surface area contributed by atoms with Crippen molar-refractivity contribution in [2.45, 2.75) is 0 Å². The number of hydrogen-bond donors (Lipinski definition) is 2. The van der Waals surface area contributed by atoms with Gasteiger partial charge in [0.1, 0.15) is 5.04 Å². The average molecular weight is 112 g/mol. The molecule has 0 saturated carbocycles. The first kappa shape index (κ1) is 4.59. The van der Waals surface area contributed by atoms with Gasteiger partial charge in [0.2, 0.25) is 0 Å². The maximum atomic E-state index is 6.93. The summed E-state index contributed by atoms with van der Waals surface area (Å²) in [4.78, 5) is 0. The van der Waals surface area contributed by atoms with E-state index in [2.05, 4.69) is 0 Å². The van der Waals surface area contributed by atoms with Crippen LogP contribution in [0.5, 0.6) is 0 Å². The monoisotopic (exact) mass is 112 g/mol. The Kier molecular flexibility index (Phi) is 0.982. The summed E-state index contributed by atoms with van der Waals surface area (Å²) < 4.78 is 0. The number of thioether (sulfide) groups is 1. The maximum absolute atomic E-state index is 6.93. The van der Waals surface area contributed by atoms with Crippen molar-refractivity contribution in [3.05, 3.63) is 11.5 Å². The zero-order valence-electron chi connectivity index (χ0n) is 3.56. The van der Waals surface area contributed by atoms with Crippen molar-refractivity contribution in [1.82, 2.24) is 0 Å². The van der Waals surface area contributed by atoms with Crippen LogP contribution in [0.1, 0.15) is 0 Å². The number of rotatable bonds is 0. The van der Waals surface area contributed by atoms with Crippen LogP contribution in [0.15, 0.2) is 11.5 Å². The lowest BCUT2D eigenvalue weighted by Crippen LogP contribution is -1.95. The summed E-state index contributed by atoms with van der Waals surface area (Å²) in [5.41, 5.74) is 0.324. The Labute approximate surface area is 45.6 Å². The van der Waals surface area contributed by atoms with Crippen molar-refractivity contribution in [2.75, 3.05) is 0 Å². The largest absolute Gasteiger partial charge is 0.298 e. The average Bonchev–Trinajstić information content (AvgIpc) is 1.91. The Morgan fingerprint density at radius 2 is 2.14 bits per heavy atom. The van der Waals surface area contributed by atoms with Crippen LogP contribution >= 0.6 is 11.8 Å². The van der Waals surface area contributed by atoms with Crippen molar-refractivity contribution in [3.8, 4) is 0 Å². The lowest BCUT2D eigenvalue weighted by molar-refractivity contribution is 1.52. The summed E-state index contributed by atoms with van der Waals surface area (Å²) in [6.07, 6.45) is 1.62. The van der Waals surface area contributed by atoms with E-state index in [4.69, 9.17) is 10.8 Å². The zero-order valence-corrected chi connectivity index (χ0v) is 4.38. The first-order chi connectivity index (χ1) is 3.30. The minimum atomic E-state index is 0.324. The van der Waals surface area contributed by atoms with E-state index >= 15 is 0 Å². The summed E-state index contributed by atoms with van der Waals surface area (Å²) in [5, 5.41) is 15.9. The molecule has 0 aliphatic carbocycles. The summed E-state index contributed by atoms with van der Waals surface area (Å²) in [6, 6.07) is 0. The van der Waals surface area contributed by atoms with E-state index in [1.165, 1.54) is 11.8 Å². The van der Waals surface area contributed by atoms with E-state index in [1.54, 1.807) is 11.5 Å². The molecule has 0 saturated heterocycles. The summed E-state index contributed by atoms with van der Waals surface area (Å²) >= 11 is 1.28. The molecule has 0 aromatic heterocycles. The molecule has 3 heteroatoms. The first-order valence-corrected chi connectivity index (χ1v) is 2.69. The molecule has 0 amide bonds. The second-order valence-electron chi connectivity index (χ2n) is 1.16. The van der Waals surface area contributed by atoms with Crippen molar-refractivity contribution in [3.63, 3.8) is 0 Å². The molecule has 2 N–H and O–H groups in total. The smallest absolute Gasteiger partial charge is 0.116 e. The van der Waals surface area contributed by atoms with Crippen molar-refractivity contribution < 1.29 is 0 Å². The van der Waals surface area contributed by atoms with Crippen molar-refractivity contribution in [2.24, 2.45) is 0 Å². The second kappa shape index (κ2) is 1.50. The highest BCUT2D eigenvalue weighted by Gasteiger charge is 2.04. The van der Waals surface area contributed by atoms with Crippen LogP contribution in [-0.4, -0.2) is 10.8 Å². The van der Waals surface area contributed by atoms with Crippen molar-refractivity contribution in [1.29, 1.82) is 10.8 Å². The molecule has 0 spiro atoms. The molecule has 0 aromatic carbocycles. The molecule has 0 unspecified atom stereocenters. The van der Waals surface area contributed by atoms with Crippen LogP contribution in [0, 0.1) is 10.8 Å². The SMILES string of the molecule is N=C1C=CSC1=N. The molecule has 1 aliphatic rings. The molecule has 7 heavy (non-hydrogen) atoms. The molecule has 1 rings (SSSR count). The molecular weight excluding hydrogens is 108 g/mol. The van der Waals surface area contributed by atoms with Gasteiger partial charge in [-0.1, -0.05) is 11.8 Å². The lowest BCUT2D eigenvalue weighted by atomic mass is 10.4. The second-order valence-corrected chi connectivity index (χ2v) is 2.08. The van der Waals surface area contributed by atoms with E-state index in [9.17, 15) is 0 Å². The zero-order chi connectivity index (χ0) is 5.28. The molecule has 1 aliphatic heterocycles. The van der Waals surface area contributed by atoms with Crippen LogP contribution in [-0.2, 0) is 0 Å². The van der Waals surface area contributed by atoms with Crippen LogP contribution in [0.25, 0.3) is 0 Å². The molecule has 0 aromatic rings. The highest BCUT2D eigenvalue weighted by atomic mass is 32.2. The van der Waals surface area contributed by atoms with Crippen LogP contribution in [0.4, 0.5) is 0 Å². The molecule has 0 radical (unpaired) electrons. The predicted octanol–water partition coefficient (Wildman–Crippen LogP) is 1.24. The molecule has 0 fully saturated rings. The van der Waals surface area contributed by atoms with E-state index < -0.39 is 0 Å². The Morgan fingerprint density at radius 1 is 1.43 bits per heavy atom. The fourth-order valence-electron chi connectivity index (χ4n) is 0.309. The van der Waals surface area contributed by atoms with Gasteiger partial charge >= 0.3 is 0 Å². The molecular formula is C4H4N2S. The van der Waals surface area contributed by atoms with Crippen LogP contribution in [0.3, 0.4) is 0 Å². The van der Waals surface area contributed by atoms with Crippen LogP contribution in [0.2, 0.25) is 0 Å². The topological polar surface area (TPSA) is 47.7 Å². The minimum Gasteiger partial charge on any atom is -0.298 e. The minimum absolute atomic E-state index is 0.324. The summed E-state index contributed by atoms with van der Waals surface area (Å²) in [5.74, 6) is 0. The molecule has 36 valence electrons. The molecule has 0 atom stereocenters. The number of nitrogens with one attached hydrogen (secondary N) is 2. The van der Waals surface area contributed by atoms with Gasteiger partial charge < -0.3 is 0 Å². The Balaban J connectivity index is 2.81. The Morgan fingerprint density at radius 3 is 2.29 bits per heavy atom. The third kappa shape index (κ3) is 0.718. The molecule has 0 bridgehead atoms. The normalized spacial score (nSPS) is 18.9. The van der Waals surface area contributed by atoms with E-state index in [-0.39, 0.29) is 0 Å². The third-order valence-corrected chi connectivity index (χ3v) is 1.39. The van der Waals surface area contributed by atoms with Gasteiger partial charge in [-0.2, -0.15) is 0 Å². The van der Waals surface area contributed by atoms with Gasteiger partial charge in [0.05, 0.1) is 5.71 Å². The van der Waals surface area contributed by atoms with E-state index in [0.717, 1.165) is 0 Å². The van der Waals surface area contributed by atoms with Gasteiger partial charge in [-0.15, -0.1) is 0 Å². The van der Waals surface area contributed by atoms with Gasteiger partial charge in [-0.25, -0.2) is 0 Å².